The molecular formula is C13H20O2. The van der Waals surface area contributed by atoms with E-state index in [0.29, 0.717) is 11.9 Å². The van der Waals surface area contributed by atoms with E-state index in [1.54, 1.807) is 0 Å². The summed E-state index contributed by atoms with van der Waals surface area (Å²) in [5, 5.41) is 0. The minimum absolute atomic E-state index is 0.380. The average molecular weight is 208 g/mol. The van der Waals surface area contributed by atoms with Crippen LogP contribution in [0.2, 0.25) is 0 Å². The number of carbonyl (C=O) groups is 1. The normalized spacial score (nSPS) is 25.6. The molecule has 0 aromatic carbocycles. The molecule has 1 saturated heterocycles. The van der Waals surface area contributed by atoms with Gasteiger partial charge in [0.05, 0.1) is 6.10 Å². The predicted octanol–water partition coefficient (Wildman–Crippen LogP) is 3.02. The molecule has 0 bridgehead atoms. The lowest BCUT2D eigenvalue weighted by molar-refractivity contribution is -0.115. The Morgan fingerprint density at radius 2 is 2.40 bits per heavy atom. The molecule has 1 heterocycles. The highest BCUT2D eigenvalue weighted by atomic mass is 16.5. The van der Waals surface area contributed by atoms with Crippen molar-refractivity contribution in [2.24, 2.45) is 0 Å². The Morgan fingerprint density at radius 1 is 1.47 bits per heavy atom. The molecule has 0 aromatic heterocycles. The van der Waals surface area contributed by atoms with Gasteiger partial charge in [0, 0.05) is 13.0 Å². The highest BCUT2D eigenvalue weighted by Gasteiger charge is 2.17. The maximum atomic E-state index is 11.7. The van der Waals surface area contributed by atoms with Crippen molar-refractivity contribution in [3.05, 3.63) is 11.6 Å². The van der Waals surface area contributed by atoms with Gasteiger partial charge in [-0.25, -0.2) is 0 Å². The first-order valence-corrected chi connectivity index (χ1v) is 6.20. The molecule has 2 aliphatic rings. The van der Waals surface area contributed by atoms with Crippen LogP contribution in [0.4, 0.5) is 0 Å². The number of ketones is 1. The Balaban J connectivity index is 1.62. The molecule has 0 aromatic rings. The Labute approximate surface area is 91.7 Å². The minimum atomic E-state index is 0.380. The standard InChI is InChI=1S/C13H20O2/c14-13(11-5-1-2-6-11)9-3-7-12-8-4-10-15-12/h5,12H,1-4,6-10H2. The van der Waals surface area contributed by atoms with E-state index < -0.39 is 0 Å². The number of hydrogen-bond acceptors (Lipinski definition) is 2. The van der Waals surface area contributed by atoms with Gasteiger partial charge in [-0.2, -0.15) is 0 Å². The Bertz CT molecular complexity index is 249. The molecule has 0 radical (unpaired) electrons. The lowest BCUT2D eigenvalue weighted by Gasteiger charge is -2.08. The van der Waals surface area contributed by atoms with Gasteiger partial charge in [0.25, 0.3) is 0 Å². The molecule has 0 saturated carbocycles. The second-order valence-electron chi connectivity index (χ2n) is 4.57. The second kappa shape index (κ2) is 5.45. The van der Waals surface area contributed by atoms with E-state index in [1.807, 2.05) is 0 Å². The van der Waals surface area contributed by atoms with E-state index in [2.05, 4.69) is 6.08 Å². The van der Waals surface area contributed by atoms with Crippen molar-refractivity contribution >= 4 is 5.78 Å². The van der Waals surface area contributed by atoms with Crippen molar-refractivity contribution < 1.29 is 9.53 Å². The SMILES string of the molecule is O=C(CCCC1CCCO1)C1=CCCC1. The Morgan fingerprint density at radius 3 is 3.07 bits per heavy atom. The zero-order valence-corrected chi connectivity index (χ0v) is 9.34. The van der Waals surface area contributed by atoms with E-state index in [0.717, 1.165) is 44.3 Å². The largest absolute Gasteiger partial charge is 0.378 e. The van der Waals surface area contributed by atoms with Crippen molar-refractivity contribution in [1.82, 2.24) is 0 Å². The van der Waals surface area contributed by atoms with Gasteiger partial charge >= 0.3 is 0 Å². The third-order valence-electron chi connectivity index (χ3n) is 3.35. The molecule has 15 heavy (non-hydrogen) atoms. The monoisotopic (exact) mass is 208 g/mol. The quantitative estimate of drug-likeness (QED) is 0.694. The summed E-state index contributed by atoms with van der Waals surface area (Å²) in [7, 11) is 0. The van der Waals surface area contributed by atoms with Crippen LogP contribution in [0.5, 0.6) is 0 Å². The van der Waals surface area contributed by atoms with Crippen LogP contribution in [0.25, 0.3) is 0 Å². The lowest BCUT2D eigenvalue weighted by atomic mass is 10.0. The molecule has 1 aliphatic carbocycles. The van der Waals surface area contributed by atoms with Crippen molar-refractivity contribution in [2.45, 2.75) is 57.5 Å². The van der Waals surface area contributed by atoms with Crippen LogP contribution < -0.4 is 0 Å². The molecule has 1 aliphatic heterocycles. The van der Waals surface area contributed by atoms with Gasteiger partial charge in [-0.3, -0.25) is 4.79 Å². The summed E-state index contributed by atoms with van der Waals surface area (Å²) in [6.07, 6.45) is 11.0. The molecule has 1 atom stereocenters. The maximum Gasteiger partial charge on any atom is 0.158 e. The van der Waals surface area contributed by atoms with Crippen LogP contribution in [-0.4, -0.2) is 18.5 Å². The number of rotatable bonds is 5. The molecular weight excluding hydrogens is 188 g/mol. The van der Waals surface area contributed by atoms with Gasteiger partial charge in [0.2, 0.25) is 0 Å². The molecule has 2 heteroatoms. The summed E-state index contributed by atoms with van der Waals surface area (Å²) in [5.41, 5.74) is 1.09. The molecule has 0 N–H and O–H groups in total. The fourth-order valence-corrected chi connectivity index (χ4v) is 2.45. The average Bonchev–Trinajstić information content (AvgIpc) is 2.90. The fourth-order valence-electron chi connectivity index (χ4n) is 2.45. The zero-order valence-electron chi connectivity index (χ0n) is 9.34. The first-order valence-electron chi connectivity index (χ1n) is 6.20. The van der Waals surface area contributed by atoms with Gasteiger partial charge in [-0.15, -0.1) is 0 Å². The summed E-state index contributed by atoms with van der Waals surface area (Å²) in [6.45, 7) is 0.920. The fraction of sp³-hybridized carbons (Fsp3) is 0.769. The van der Waals surface area contributed by atoms with E-state index >= 15 is 0 Å². The van der Waals surface area contributed by atoms with Gasteiger partial charge < -0.3 is 4.74 Å². The van der Waals surface area contributed by atoms with Crippen LogP contribution in [0.1, 0.15) is 51.4 Å². The van der Waals surface area contributed by atoms with Crippen molar-refractivity contribution in [3.8, 4) is 0 Å². The van der Waals surface area contributed by atoms with Gasteiger partial charge in [-0.05, 0) is 50.5 Å². The van der Waals surface area contributed by atoms with E-state index in [-0.39, 0.29) is 0 Å². The Kier molecular flexibility index (Phi) is 3.95. The lowest BCUT2D eigenvalue weighted by Crippen LogP contribution is -2.07. The topological polar surface area (TPSA) is 26.3 Å². The predicted molar refractivity (Wildman–Crippen MR) is 59.8 cm³/mol. The molecule has 1 unspecified atom stereocenters. The highest BCUT2D eigenvalue weighted by Crippen LogP contribution is 2.22. The van der Waals surface area contributed by atoms with Crippen LogP contribution in [0.15, 0.2) is 11.6 Å². The highest BCUT2D eigenvalue weighted by molar-refractivity contribution is 5.95. The van der Waals surface area contributed by atoms with E-state index in [9.17, 15) is 4.79 Å². The summed E-state index contributed by atoms with van der Waals surface area (Å²) in [5.74, 6) is 0.380. The smallest absolute Gasteiger partial charge is 0.158 e. The molecule has 0 spiro atoms. The number of Topliss-reactive ketones (excluding diaryl/α,β-unsaturated/α-hetero) is 1. The summed E-state index contributed by atoms with van der Waals surface area (Å²) < 4.78 is 5.53. The first-order chi connectivity index (χ1) is 7.36. The second-order valence-corrected chi connectivity index (χ2v) is 4.57. The number of allylic oxidation sites excluding steroid dienone is 2. The minimum Gasteiger partial charge on any atom is -0.378 e. The van der Waals surface area contributed by atoms with Crippen LogP contribution in [-0.2, 0) is 9.53 Å². The number of hydrogen-bond donors (Lipinski definition) is 0. The summed E-state index contributed by atoms with van der Waals surface area (Å²) >= 11 is 0. The molecule has 1 fully saturated rings. The van der Waals surface area contributed by atoms with Crippen LogP contribution in [0.3, 0.4) is 0 Å². The summed E-state index contributed by atoms with van der Waals surface area (Å²) in [4.78, 5) is 11.7. The molecule has 2 nitrogen and oxygen atoms in total. The van der Waals surface area contributed by atoms with Crippen molar-refractivity contribution in [2.75, 3.05) is 6.61 Å². The van der Waals surface area contributed by atoms with Gasteiger partial charge in [0.1, 0.15) is 0 Å². The van der Waals surface area contributed by atoms with Crippen LogP contribution in [0, 0.1) is 0 Å². The zero-order chi connectivity index (χ0) is 10.5. The van der Waals surface area contributed by atoms with Gasteiger partial charge in [0.15, 0.2) is 5.78 Å². The first kappa shape index (κ1) is 10.9. The third kappa shape index (κ3) is 3.16. The van der Waals surface area contributed by atoms with Crippen molar-refractivity contribution in [3.63, 3.8) is 0 Å². The number of carbonyl (C=O) groups excluding carboxylic acids is 1. The molecule has 84 valence electrons. The van der Waals surface area contributed by atoms with Crippen LogP contribution >= 0.6 is 0 Å². The Hall–Kier alpha value is -0.630. The van der Waals surface area contributed by atoms with Gasteiger partial charge in [-0.1, -0.05) is 6.08 Å². The third-order valence-corrected chi connectivity index (χ3v) is 3.35. The number of ether oxygens (including phenoxy) is 1. The van der Waals surface area contributed by atoms with E-state index in [4.69, 9.17) is 4.74 Å². The summed E-state index contributed by atoms with van der Waals surface area (Å²) in [6, 6.07) is 0. The van der Waals surface area contributed by atoms with Crippen molar-refractivity contribution in [1.29, 1.82) is 0 Å². The molecule has 2 rings (SSSR count). The molecule has 0 amide bonds. The maximum absolute atomic E-state index is 11.7. The van der Waals surface area contributed by atoms with E-state index in [1.165, 1.54) is 19.3 Å².